The second-order valence-corrected chi connectivity index (χ2v) is 5.60. The summed E-state index contributed by atoms with van der Waals surface area (Å²) in [5.41, 5.74) is 0.177. The van der Waals surface area contributed by atoms with Gasteiger partial charge in [-0.3, -0.25) is 0 Å². The number of benzene rings is 2. The van der Waals surface area contributed by atoms with Crippen molar-refractivity contribution in [2.75, 3.05) is 6.61 Å². The molecule has 0 spiro atoms. The average Bonchev–Trinajstić information content (AvgIpc) is 2.66. The van der Waals surface area contributed by atoms with E-state index in [1.165, 1.54) is 24.3 Å². The van der Waals surface area contributed by atoms with E-state index in [0.717, 1.165) is 25.3 Å². The number of azo groups is 1. The van der Waals surface area contributed by atoms with Crippen LogP contribution in [0.2, 0.25) is 0 Å². The van der Waals surface area contributed by atoms with Crippen LogP contribution in [0.4, 0.5) is 24.5 Å². The normalized spacial score (nSPS) is 10.9. The topological polar surface area (TPSA) is 57.7 Å². The molecule has 26 heavy (non-hydrogen) atoms. The van der Waals surface area contributed by atoms with Gasteiger partial charge in [-0.2, -0.15) is 14.8 Å². The Bertz CT molecular complexity index is 814. The molecule has 0 aliphatic carbocycles. The Morgan fingerprint density at radius 3 is 2.38 bits per heavy atom. The Morgan fingerprint density at radius 1 is 1.00 bits per heavy atom. The smallest absolute Gasteiger partial charge is 0.206 e. The molecule has 2 aromatic carbocycles. The first-order chi connectivity index (χ1) is 12.6. The summed E-state index contributed by atoms with van der Waals surface area (Å²) in [6, 6.07) is 8.66. The van der Waals surface area contributed by atoms with Crippen LogP contribution in [0.1, 0.15) is 38.2 Å². The van der Waals surface area contributed by atoms with Crippen LogP contribution in [0.15, 0.2) is 40.6 Å². The fourth-order valence-corrected chi connectivity index (χ4v) is 2.19. The van der Waals surface area contributed by atoms with E-state index in [2.05, 4.69) is 10.2 Å². The highest BCUT2D eigenvalue weighted by atomic mass is 19.2. The van der Waals surface area contributed by atoms with E-state index in [1.54, 1.807) is 0 Å². The molecule has 0 N–H and O–H groups in total. The maximum Gasteiger partial charge on any atom is 0.206 e. The van der Waals surface area contributed by atoms with Crippen molar-refractivity contribution in [1.82, 2.24) is 0 Å². The lowest BCUT2D eigenvalue weighted by atomic mass is 10.2. The van der Waals surface area contributed by atoms with E-state index in [-0.39, 0.29) is 6.61 Å². The lowest BCUT2D eigenvalue weighted by molar-refractivity contribution is 0.270. The number of nitriles is 1. The lowest BCUT2D eigenvalue weighted by Gasteiger charge is -2.09. The zero-order valence-electron chi connectivity index (χ0n) is 14.3. The molecule has 136 valence electrons. The Labute approximate surface area is 149 Å². The van der Waals surface area contributed by atoms with Gasteiger partial charge in [0.05, 0.1) is 23.9 Å². The van der Waals surface area contributed by atoms with Crippen LogP contribution in [0.25, 0.3) is 0 Å². The number of hydrogen-bond acceptors (Lipinski definition) is 4. The van der Waals surface area contributed by atoms with Crippen molar-refractivity contribution in [3.8, 4) is 11.8 Å². The Morgan fingerprint density at radius 2 is 1.73 bits per heavy atom. The van der Waals surface area contributed by atoms with Crippen LogP contribution in [0, 0.1) is 28.8 Å². The molecule has 0 amide bonds. The predicted octanol–water partition coefficient (Wildman–Crippen LogP) is 6.35. The quantitative estimate of drug-likeness (QED) is 0.312. The molecule has 2 aromatic rings. The minimum absolute atomic E-state index is 0.111. The Balaban J connectivity index is 2.12. The van der Waals surface area contributed by atoms with Gasteiger partial charge in [0.2, 0.25) is 5.82 Å². The summed E-state index contributed by atoms with van der Waals surface area (Å²) in [5, 5.41) is 16.0. The molecule has 0 fully saturated rings. The summed E-state index contributed by atoms with van der Waals surface area (Å²) in [7, 11) is 0. The van der Waals surface area contributed by atoms with E-state index < -0.39 is 28.9 Å². The fourth-order valence-electron chi connectivity index (χ4n) is 2.19. The van der Waals surface area contributed by atoms with Gasteiger partial charge >= 0.3 is 0 Å². The van der Waals surface area contributed by atoms with Crippen LogP contribution >= 0.6 is 0 Å². The molecule has 0 atom stereocenters. The maximum absolute atomic E-state index is 14.1. The van der Waals surface area contributed by atoms with Crippen LogP contribution < -0.4 is 4.74 Å². The van der Waals surface area contributed by atoms with E-state index in [9.17, 15) is 13.2 Å². The van der Waals surface area contributed by atoms with Crippen molar-refractivity contribution in [1.29, 1.82) is 5.26 Å². The van der Waals surface area contributed by atoms with Gasteiger partial charge in [0.1, 0.15) is 5.69 Å². The molecule has 0 saturated carbocycles. The van der Waals surface area contributed by atoms with Gasteiger partial charge in [-0.15, -0.1) is 5.11 Å². The highest BCUT2D eigenvalue weighted by Gasteiger charge is 2.20. The molecular formula is C19H18F3N3O. The minimum atomic E-state index is -1.42. The van der Waals surface area contributed by atoms with Gasteiger partial charge in [-0.05, 0) is 30.7 Å². The summed E-state index contributed by atoms with van der Waals surface area (Å²) in [4.78, 5) is 0. The number of ether oxygens (including phenoxy) is 1. The zero-order valence-corrected chi connectivity index (χ0v) is 14.3. The van der Waals surface area contributed by atoms with Crippen LogP contribution in [0.3, 0.4) is 0 Å². The highest BCUT2D eigenvalue weighted by molar-refractivity contribution is 5.47. The van der Waals surface area contributed by atoms with Crippen molar-refractivity contribution in [3.63, 3.8) is 0 Å². The molecule has 0 radical (unpaired) electrons. The molecule has 2 rings (SSSR count). The second kappa shape index (κ2) is 9.56. The SMILES string of the molecule is CCCCCCOc1c(F)cc(N=Nc2ccc(C#N)cc2)c(F)c1F. The van der Waals surface area contributed by atoms with E-state index in [0.29, 0.717) is 17.7 Å². The first kappa shape index (κ1) is 19.4. The molecule has 0 bridgehead atoms. The monoisotopic (exact) mass is 361 g/mol. The first-order valence-electron chi connectivity index (χ1n) is 8.29. The number of nitrogens with zero attached hydrogens (tertiary/aromatic N) is 3. The lowest BCUT2D eigenvalue weighted by Crippen LogP contribution is -2.03. The average molecular weight is 361 g/mol. The molecule has 0 unspecified atom stereocenters. The highest BCUT2D eigenvalue weighted by Crippen LogP contribution is 2.32. The van der Waals surface area contributed by atoms with Gasteiger partial charge in [0.15, 0.2) is 17.4 Å². The molecular weight excluding hydrogens is 343 g/mol. The zero-order chi connectivity index (χ0) is 18.9. The van der Waals surface area contributed by atoms with E-state index in [1.807, 2.05) is 13.0 Å². The third-order valence-electron chi connectivity index (χ3n) is 3.61. The number of hydrogen-bond donors (Lipinski definition) is 0. The number of halogens is 3. The maximum atomic E-state index is 14.1. The third kappa shape index (κ3) is 5.06. The van der Waals surface area contributed by atoms with Crippen LogP contribution in [-0.4, -0.2) is 6.61 Å². The van der Waals surface area contributed by atoms with Crippen molar-refractivity contribution in [2.45, 2.75) is 32.6 Å². The van der Waals surface area contributed by atoms with Gasteiger partial charge in [0, 0.05) is 6.07 Å². The second-order valence-electron chi connectivity index (χ2n) is 5.60. The third-order valence-corrected chi connectivity index (χ3v) is 3.61. The first-order valence-corrected chi connectivity index (χ1v) is 8.29. The van der Waals surface area contributed by atoms with E-state index in [4.69, 9.17) is 10.00 Å². The van der Waals surface area contributed by atoms with E-state index >= 15 is 0 Å². The molecule has 4 nitrogen and oxygen atoms in total. The van der Waals surface area contributed by atoms with Crippen LogP contribution in [-0.2, 0) is 0 Å². The summed E-state index contributed by atoms with van der Waals surface area (Å²) >= 11 is 0. The van der Waals surface area contributed by atoms with Crippen molar-refractivity contribution in [3.05, 3.63) is 53.3 Å². The van der Waals surface area contributed by atoms with Gasteiger partial charge in [-0.1, -0.05) is 26.2 Å². The summed E-state index contributed by atoms with van der Waals surface area (Å²) < 4.78 is 47.2. The molecule has 0 aromatic heterocycles. The molecule has 0 aliphatic rings. The standard InChI is InChI=1S/C19H18F3N3O/c1-2-3-4-5-10-26-19-15(20)11-16(17(21)18(19)22)25-24-14-8-6-13(12-23)7-9-14/h6-9,11H,2-5,10H2,1H3. The number of unbranched alkanes of at least 4 members (excludes halogenated alkanes) is 3. The molecule has 0 heterocycles. The summed E-state index contributed by atoms with van der Waals surface area (Å²) in [6.07, 6.45) is 3.53. The van der Waals surface area contributed by atoms with Gasteiger partial charge in [0.25, 0.3) is 0 Å². The van der Waals surface area contributed by atoms with Crippen molar-refractivity contribution in [2.24, 2.45) is 10.2 Å². The van der Waals surface area contributed by atoms with Gasteiger partial charge < -0.3 is 4.74 Å². The van der Waals surface area contributed by atoms with Crippen molar-refractivity contribution >= 4 is 11.4 Å². The molecule has 7 heteroatoms. The fraction of sp³-hybridized carbons (Fsp3) is 0.316. The van der Waals surface area contributed by atoms with Gasteiger partial charge in [-0.25, -0.2) is 8.78 Å². The van der Waals surface area contributed by atoms with Crippen LogP contribution in [0.5, 0.6) is 5.75 Å². The predicted molar refractivity (Wildman–Crippen MR) is 91.3 cm³/mol. The summed E-state index contributed by atoms with van der Waals surface area (Å²) in [6.45, 7) is 2.15. The Kier molecular flexibility index (Phi) is 7.15. The summed E-state index contributed by atoms with van der Waals surface area (Å²) in [5.74, 6) is -4.52. The minimum Gasteiger partial charge on any atom is -0.488 e. The molecule has 0 aliphatic heterocycles. The largest absolute Gasteiger partial charge is 0.488 e. The molecule has 0 saturated heterocycles. The Hall–Kier alpha value is -2.88. The van der Waals surface area contributed by atoms with Crippen molar-refractivity contribution < 1.29 is 17.9 Å². The number of rotatable bonds is 8.